The van der Waals surface area contributed by atoms with Gasteiger partial charge in [-0.1, -0.05) is 32.1 Å². The van der Waals surface area contributed by atoms with E-state index in [1.54, 1.807) is 20.8 Å². The second kappa shape index (κ2) is 9.45. The zero-order chi connectivity index (χ0) is 22.9. The molecule has 0 bridgehead atoms. The van der Waals surface area contributed by atoms with Gasteiger partial charge in [-0.25, -0.2) is 0 Å². The molecule has 6 heteroatoms. The van der Waals surface area contributed by atoms with Gasteiger partial charge < -0.3 is 19.7 Å². The van der Waals surface area contributed by atoms with Crippen LogP contribution in [0.25, 0.3) is 0 Å². The molecule has 0 unspecified atom stereocenters. The highest BCUT2D eigenvalue weighted by atomic mass is 16.6. The first-order valence-corrected chi connectivity index (χ1v) is 11.7. The highest BCUT2D eigenvalue weighted by Crippen LogP contribution is 2.45. The standard InChI is InChI=1S/C25H38O6/c1-14-10-17-7-6-15(2)20(9-8-19-12-18(27)13-22(28)30-19)23(17)21(11-14)31-24(29)25(4,5)16(3)26/h6-7,10,14-16,18-21,23,26-27H,8-9,11-13H2,1-5H3/t14-,15-,16+,18+,19+,20-,21-,23+/m0/s1. The molecule has 31 heavy (non-hydrogen) atoms. The van der Waals surface area contributed by atoms with Gasteiger partial charge in [0, 0.05) is 12.3 Å². The number of carbonyl (C=O) groups is 2. The molecule has 1 saturated heterocycles. The number of allylic oxidation sites excluding steroid dienone is 3. The molecule has 174 valence electrons. The Balaban J connectivity index is 1.77. The Morgan fingerprint density at radius 2 is 2.00 bits per heavy atom. The summed E-state index contributed by atoms with van der Waals surface area (Å²) in [5.74, 6) is 0.214. The molecule has 8 atom stereocenters. The quantitative estimate of drug-likeness (QED) is 0.621. The number of fused-ring (bicyclic) bond motifs is 1. The molecule has 0 spiro atoms. The van der Waals surface area contributed by atoms with Gasteiger partial charge in [-0.3, -0.25) is 9.59 Å². The Bertz CT molecular complexity index is 736. The summed E-state index contributed by atoms with van der Waals surface area (Å²) in [5.41, 5.74) is 0.234. The van der Waals surface area contributed by atoms with Gasteiger partial charge in [0.1, 0.15) is 12.2 Å². The second-order valence-corrected chi connectivity index (χ2v) is 10.4. The first kappa shape index (κ1) is 24.0. The average molecular weight is 435 g/mol. The number of aliphatic hydroxyl groups excluding tert-OH is 2. The third-order valence-corrected chi connectivity index (χ3v) is 7.48. The van der Waals surface area contributed by atoms with Crippen molar-refractivity contribution in [3.8, 4) is 0 Å². The second-order valence-electron chi connectivity index (χ2n) is 10.4. The number of rotatable bonds is 6. The van der Waals surface area contributed by atoms with Crippen LogP contribution in [0.1, 0.15) is 66.7 Å². The largest absolute Gasteiger partial charge is 0.462 e. The smallest absolute Gasteiger partial charge is 0.314 e. The van der Waals surface area contributed by atoms with Gasteiger partial charge in [-0.15, -0.1) is 0 Å². The summed E-state index contributed by atoms with van der Waals surface area (Å²) < 4.78 is 11.5. The molecule has 1 aliphatic heterocycles. The zero-order valence-corrected chi connectivity index (χ0v) is 19.4. The van der Waals surface area contributed by atoms with Gasteiger partial charge in [0.25, 0.3) is 0 Å². The maximum Gasteiger partial charge on any atom is 0.314 e. The Morgan fingerprint density at radius 1 is 1.29 bits per heavy atom. The van der Waals surface area contributed by atoms with Crippen LogP contribution in [-0.2, 0) is 19.1 Å². The number of aliphatic hydroxyl groups is 2. The van der Waals surface area contributed by atoms with Crippen molar-refractivity contribution in [1.82, 2.24) is 0 Å². The summed E-state index contributed by atoms with van der Waals surface area (Å²) in [6, 6.07) is 0. The van der Waals surface area contributed by atoms with E-state index in [1.165, 1.54) is 5.57 Å². The van der Waals surface area contributed by atoms with E-state index in [0.717, 1.165) is 12.8 Å². The van der Waals surface area contributed by atoms with E-state index in [0.29, 0.717) is 24.7 Å². The van der Waals surface area contributed by atoms with Crippen molar-refractivity contribution >= 4 is 11.9 Å². The topological polar surface area (TPSA) is 93.1 Å². The van der Waals surface area contributed by atoms with Gasteiger partial charge in [-0.05, 0) is 63.4 Å². The molecule has 6 nitrogen and oxygen atoms in total. The molecule has 0 radical (unpaired) electrons. The van der Waals surface area contributed by atoms with Crippen molar-refractivity contribution in [3.05, 3.63) is 23.8 Å². The molecule has 3 aliphatic rings. The molecule has 3 rings (SSSR count). The van der Waals surface area contributed by atoms with Crippen LogP contribution in [0.3, 0.4) is 0 Å². The SMILES string of the molecule is C[C@H]1C=C2C=C[C@H](C)[C@H](CC[C@@H]3C[C@@H](O)CC(=O)O3)[C@@H]2[C@@H](OC(=O)C(C)(C)[C@@H](C)O)C1. The van der Waals surface area contributed by atoms with E-state index in [4.69, 9.17) is 9.47 Å². The fourth-order valence-electron chi connectivity index (χ4n) is 5.10. The van der Waals surface area contributed by atoms with Crippen LogP contribution in [0.5, 0.6) is 0 Å². The minimum absolute atomic E-state index is 0.0730. The molecule has 0 aromatic rings. The van der Waals surface area contributed by atoms with Crippen molar-refractivity contribution in [2.75, 3.05) is 0 Å². The van der Waals surface area contributed by atoms with Crippen molar-refractivity contribution in [2.45, 2.75) is 91.1 Å². The first-order chi connectivity index (χ1) is 14.5. The third kappa shape index (κ3) is 5.40. The van der Waals surface area contributed by atoms with E-state index in [-0.39, 0.29) is 42.4 Å². The highest BCUT2D eigenvalue weighted by molar-refractivity contribution is 5.77. The Hall–Kier alpha value is -1.66. The maximum absolute atomic E-state index is 12.9. The van der Waals surface area contributed by atoms with Crippen molar-refractivity contribution < 1.29 is 29.3 Å². The van der Waals surface area contributed by atoms with Crippen molar-refractivity contribution in [2.24, 2.45) is 29.1 Å². The summed E-state index contributed by atoms with van der Waals surface area (Å²) in [5, 5.41) is 20.0. The lowest BCUT2D eigenvalue weighted by atomic mass is 9.65. The number of ether oxygens (including phenoxy) is 2. The van der Waals surface area contributed by atoms with Gasteiger partial charge >= 0.3 is 11.9 Å². The van der Waals surface area contributed by atoms with Gasteiger partial charge in [0.2, 0.25) is 0 Å². The molecule has 0 aromatic heterocycles. The van der Waals surface area contributed by atoms with Crippen molar-refractivity contribution in [1.29, 1.82) is 0 Å². The lowest BCUT2D eigenvalue weighted by Gasteiger charge is -2.44. The highest BCUT2D eigenvalue weighted by Gasteiger charge is 2.44. The van der Waals surface area contributed by atoms with E-state index in [9.17, 15) is 19.8 Å². The van der Waals surface area contributed by atoms with Gasteiger partial charge in [-0.2, -0.15) is 0 Å². The van der Waals surface area contributed by atoms with Crippen LogP contribution < -0.4 is 0 Å². The molecular weight excluding hydrogens is 396 g/mol. The molecule has 2 N–H and O–H groups in total. The normalized spacial score (nSPS) is 36.8. The lowest BCUT2D eigenvalue weighted by molar-refractivity contribution is -0.171. The molecule has 0 saturated carbocycles. The van der Waals surface area contributed by atoms with Gasteiger partial charge in [0.05, 0.1) is 24.0 Å². The monoisotopic (exact) mass is 434 g/mol. The number of hydrogen-bond donors (Lipinski definition) is 2. The summed E-state index contributed by atoms with van der Waals surface area (Å²) >= 11 is 0. The van der Waals surface area contributed by atoms with Crippen LogP contribution in [0.2, 0.25) is 0 Å². The third-order valence-electron chi connectivity index (χ3n) is 7.48. The summed E-state index contributed by atoms with van der Waals surface area (Å²) in [7, 11) is 0. The number of cyclic esters (lactones) is 1. The van der Waals surface area contributed by atoms with E-state index in [2.05, 4.69) is 32.1 Å². The molecular formula is C25H38O6. The predicted octanol–water partition coefficient (Wildman–Crippen LogP) is 3.56. The lowest BCUT2D eigenvalue weighted by Crippen LogP contribution is -2.45. The molecule has 1 fully saturated rings. The minimum atomic E-state index is -0.970. The van der Waals surface area contributed by atoms with Gasteiger partial charge in [0.15, 0.2) is 0 Å². The van der Waals surface area contributed by atoms with Crippen molar-refractivity contribution in [3.63, 3.8) is 0 Å². The number of hydrogen-bond acceptors (Lipinski definition) is 6. The van der Waals surface area contributed by atoms with Crippen LogP contribution >= 0.6 is 0 Å². The fraction of sp³-hybridized carbons (Fsp3) is 0.760. The van der Waals surface area contributed by atoms with Crippen LogP contribution in [0.4, 0.5) is 0 Å². The summed E-state index contributed by atoms with van der Waals surface area (Å²) in [6.07, 6.45) is 7.51. The van der Waals surface area contributed by atoms with Crippen LogP contribution in [0, 0.1) is 29.1 Å². The Morgan fingerprint density at radius 3 is 2.65 bits per heavy atom. The Labute approximate surface area is 185 Å². The average Bonchev–Trinajstić information content (AvgIpc) is 2.66. The Kier molecular flexibility index (Phi) is 7.32. The number of carbonyl (C=O) groups excluding carboxylic acids is 2. The molecule has 0 amide bonds. The molecule has 1 heterocycles. The summed E-state index contributed by atoms with van der Waals surface area (Å²) in [4.78, 5) is 24.6. The minimum Gasteiger partial charge on any atom is -0.462 e. The molecule has 0 aromatic carbocycles. The van der Waals surface area contributed by atoms with Crippen LogP contribution in [-0.4, -0.2) is 46.6 Å². The maximum atomic E-state index is 12.9. The van der Waals surface area contributed by atoms with Crippen LogP contribution in [0.15, 0.2) is 23.8 Å². The predicted molar refractivity (Wildman–Crippen MR) is 117 cm³/mol. The van der Waals surface area contributed by atoms with E-state index < -0.39 is 17.6 Å². The summed E-state index contributed by atoms with van der Waals surface area (Å²) in [6.45, 7) is 9.35. The first-order valence-electron chi connectivity index (χ1n) is 11.7. The fourth-order valence-corrected chi connectivity index (χ4v) is 5.10. The zero-order valence-electron chi connectivity index (χ0n) is 19.4. The van der Waals surface area contributed by atoms with E-state index >= 15 is 0 Å². The molecule has 2 aliphatic carbocycles. The van der Waals surface area contributed by atoms with E-state index in [1.807, 2.05) is 0 Å². The number of esters is 2.